The first kappa shape index (κ1) is 8.50. The van der Waals surface area contributed by atoms with Crippen LogP contribution in [0.15, 0.2) is 29.8 Å². The van der Waals surface area contributed by atoms with Crippen LogP contribution in [0.1, 0.15) is 15.9 Å². The number of carbonyl (C=O) groups excluding carboxylic acids is 1. The molecule has 4 heteroatoms. The van der Waals surface area contributed by atoms with E-state index in [-0.39, 0.29) is 11.1 Å². The standard InChI is InChI=1S/C10H6O4/c11-8-5-3-1-2-4-6(5)9(12)7(8)10(13)14/h1-4,11H,(H,13,14)/p-1. The highest BCUT2D eigenvalue weighted by Gasteiger charge is 2.28. The van der Waals surface area contributed by atoms with Crippen molar-refractivity contribution < 1.29 is 19.8 Å². The third kappa shape index (κ3) is 0.939. The Balaban J connectivity index is 2.69. The summed E-state index contributed by atoms with van der Waals surface area (Å²) < 4.78 is 0. The van der Waals surface area contributed by atoms with Gasteiger partial charge in [0.15, 0.2) is 5.78 Å². The maximum absolute atomic E-state index is 11.4. The number of rotatable bonds is 1. The molecule has 70 valence electrons. The van der Waals surface area contributed by atoms with Gasteiger partial charge in [-0.05, 0) is 5.56 Å². The van der Waals surface area contributed by atoms with Crippen LogP contribution in [-0.2, 0) is 4.79 Å². The zero-order chi connectivity index (χ0) is 10.3. The number of ketones is 1. The molecule has 14 heavy (non-hydrogen) atoms. The number of carboxylic acid groups (broad SMARTS) is 1. The number of fused-ring (bicyclic) bond motifs is 1. The van der Waals surface area contributed by atoms with E-state index >= 15 is 0 Å². The van der Waals surface area contributed by atoms with Crippen molar-refractivity contribution in [2.24, 2.45) is 0 Å². The Bertz CT molecular complexity index is 471. The van der Waals surface area contributed by atoms with Crippen LogP contribution < -0.4 is 5.11 Å². The molecule has 0 amide bonds. The fraction of sp³-hybridized carbons (Fsp3) is 0. The number of aliphatic carboxylic acids is 1. The minimum Gasteiger partial charge on any atom is -0.871 e. The molecule has 1 N–H and O–H groups in total. The van der Waals surface area contributed by atoms with Crippen molar-refractivity contribution in [2.75, 3.05) is 0 Å². The predicted octanol–water partition coefficient (Wildman–Crippen LogP) is 0.0389. The summed E-state index contributed by atoms with van der Waals surface area (Å²) in [5, 5.41) is 20.1. The Kier molecular flexibility index (Phi) is 1.64. The number of carbonyl (C=O) groups is 2. The number of hydrogen-bond acceptors (Lipinski definition) is 3. The first-order valence-electron chi connectivity index (χ1n) is 3.91. The van der Waals surface area contributed by atoms with Crippen molar-refractivity contribution in [3.05, 3.63) is 41.0 Å². The van der Waals surface area contributed by atoms with Crippen molar-refractivity contribution in [1.29, 1.82) is 0 Å². The third-order valence-electron chi connectivity index (χ3n) is 2.08. The summed E-state index contributed by atoms with van der Waals surface area (Å²) in [6.07, 6.45) is 0. The van der Waals surface area contributed by atoms with Crippen LogP contribution in [0.2, 0.25) is 0 Å². The summed E-state index contributed by atoms with van der Waals surface area (Å²) in [6.45, 7) is 0. The van der Waals surface area contributed by atoms with Crippen molar-refractivity contribution in [1.82, 2.24) is 0 Å². The molecule has 1 aliphatic rings. The van der Waals surface area contributed by atoms with Crippen LogP contribution in [0.5, 0.6) is 0 Å². The molecule has 0 spiro atoms. The van der Waals surface area contributed by atoms with Crippen LogP contribution in [0.3, 0.4) is 0 Å². The molecule has 2 rings (SSSR count). The highest BCUT2D eigenvalue weighted by molar-refractivity contribution is 6.32. The minimum absolute atomic E-state index is 0.176. The molecule has 1 aliphatic carbocycles. The largest absolute Gasteiger partial charge is 0.871 e. The van der Waals surface area contributed by atoms with Gasteiger partial charge in [-0.2, -0.15) is 0 Å². The Morgan fingerprint density at radius 1 is 1.21 bits per heavy atom. The van der Waals surface area contributed by atoms with Crippen molar-refractivity contribution in [3.63, 3.8) is 0 Å². The SMILES string of the molecule is O=C(O)C1=C([O-])c2ccccc2C1=O. The molecule has 1 aromatic carbocycles. The zero-order valence-electron chi connectivity index (χ0n) is 6.98. The van der Waals surface area contributed by atoms with Gasteiger partial charge in [0.1, 0.15) is 5.57 Å². The molecule has 0 bridgehead atoms. The number of Topliss-reactive ketones (excluding diaryl/α,β-unsaturated/α-hetero) is 1. The molecule has 0 saturated carbocycles. The lowest BCUT2D eigenvalue weighted by Crippen LogP contribution is -2.12. The number of benzene rings is 1. The van der Waals surface area contributed by atoms with Gasteiger partial charge in [0, 0.05) is 5.56 Å². The minimum atomic E-state index is -1.46. The van der Waals surface area contributed by atoms with E-state index < -0.39 is 23.1 Å². The van der Waals surface area contributed by atoms with Gasteiger partial charge in [-0.15, -0.1) is 0 Å². The van der Waals surface area contributed by atoms with Gasteiger partial charge in [0.05, 0.1) is 0 Å². The number of carboxylic acids is 1. The van der Waals surface area contributed by atoms with Crippen molar-refractivity contribution in [3.8, 4) is 0 Å². The summed E-state index contributed by atoms with van der Waals surface area (Å²) in [5.41, 5.74) is -0.309. The van der Waals surface area contributed by atoms with Crippen molar-refractivity contribution in [2.45, 2.75) is 0 Å². The molecule has 0 atom stereocenters. The van der Waals surface area contributed by atoms with E-state index in [0.29, 0.717) is 0 Å². The molecular formula is C10H5O4-. The Morgan fingerprint density at radius 3 is 2.29 bits per heavy atom. The zero-order valence-corrected chi connectivity index (χ0v) is 6.98. The molecule has 1 aromatic rings. The smallest absolute Gasteiger partial charge is 0.339 e. The topological polar surface area (TPSA) is 77.4 Å². The van der Waals surface area contributed by atoms with E-state index in [4.69, 9.17) is 5.11 Å². The van der Waals surface area contributed by atoms with Crippen LogP contribution in [0.25, 0.3) is 5.76 Å². The molecule has 0 heterocycles. The van der Waals surface area contributed by atoms with E-state index in [1.54, 1.807) is 12.1 Å². The van der Waals surface area contributed by atoms with Gasteiger partial charge < -0.3 is 10.2 Å². The quantitative estimate of drug-likeness (QED) is 0.632. The summed E-state index contributed by atoms with van der Waals surface area (Å²) in [5.74, 6) is -2.85. The second kappa shape index (κ2) is 2.70. The Labute approximate surface area is 79.1 Å². The lowest BCUT2D eigenvalue weighted by molar-refractivity contribution is -0.244. The van der Waals surface area contributed by atoms with Crippen LogP contribution in [0, 0.1) is 0 Å². The second-order valence-electron chi connectivity index (χ2n) is 2.88. The molecule has 0 saturated heterocycles. The Hall–Kier alpha value is -2.10. The first-order chi connectivity index (χ1) is 6.63. The molecule has 0 aromatic heterocycles. The van der Waals surface area contributed by atoms with E-state index in [9.17, 15) is 14.7 Å². The van der Waals surface area contributed by atoms with Gasteiger partial charge in [-0.3, -0.25) is 4.79 Å². The second-order valence-corrected chi connectivity index (χ2v) is 2.88. The summed E-state index contributed by atoms with van der Waals surface area (Å²) in [7, 11) is 0. The molecular weight excluding hydrogens is 184 g/mol. The maximum Gasteiger partial charge on any atom is 0.339 e. The van der Waals surface area contributed by atoms with Crippen LogP contribution in [0.4, 0.5) is 0 Å². The molecule has 4 nitrogen and oxygen atoms in total. The summed E-state index contributed by atoms with van der Waals surface area (Å²) in [4.78, 5) is 22.0. The van der Waals surface area contributed by atoms with Gasteiger partial charge >= 0.3 is 5.97 Å². The number of hydrogen-bond donors (Lipinski definition) is 1. The fourth-order valence-electron chi connectivity index (χ4n) is 1.45. The Morgan fingerprint density at radius 2 is 1.79 bits per heavy atom. The lowest BCUT2D eigenvalue weighted by Gasteiger charge is -2.07. The monoisotopic (exact) mass is 189 g/mol. The van der Waals surface area contributed by atoms with Gasteiger partial charge in [0.25, 0.3) is 0 Å². The molecule has 0 unspecified atom stereocenters. The highest BCUT2D eigenvalue weighted by atomic mass is 16.4. The molecule has 0 fully saturated rings. The van der Waals surface area contributed by atoms with E-state index in [1.807, 2.05) is 0 Å². The molecule has 0 radical (unpaired) electrons. The first-order valence-corrected chi connectivity index (χ1v) is 3.91. The highest BCUT2D eigenvalue weighted by Crippen LogP contribution is 2.28. The predicted molar refractivity (Wildman–Crippen MR) is 45.3 cm³/mol. The fourth-order valence-corrected chi connectivity index (χ4v) is 1.45. The van der Waals surface area contributed by atoms with E-state index in [0.717, 1.165) is 0 Å². The normalized spacial score (nSPS) is 14.4. The average Bonchev–Trinajstić information content (AvgIpc) is 2.41. The lowest BCUT2D eigenvalue weighted by atomic mass is 10.1. The third-order valence-corrected chi connectivity index (χ3v) is 2.08. The summed E-state index contributed by atoms with van der Waals surface area (Å²) >= 11 is 0. The summed E-state index contributed by atoms with van der Waals surface area (Å²) in [6, 6.07) is 6.08. The van der Waals surface area contributed by atoms with Gasteiger partial charge in [-0.25, -0.2) is 4.79 Å². The van der Waals surface area contributed by atoms with Gasteiger partial charge in [0.2, 0.25) is 0 Å². The molecule has 0 aliphatic heterocycles. The van der Waals surface area contributed by atoms with Crippen LogP contribution in [-0.4, -0.2) is 16.9 Å². The van der Waals surface area contributed by atoms with E-state index in [2.05, 4.69) is 0 Å². The average molecular weight is 189 g/mol. The van der Waals surface area contributed by atoms with Crippen LogP contribution >= 0.6 is 0 Å². The van der Waals surface area contributed by atoms with Crippen molar-refractivity contribution >= 4 is 17.5 Å². The maximum atomic E-state index is 11.4. The van der Waals surface area contributed by atoms with E-state index in [1.165, 1.54) is 12.1 Å². The van der Waals surface area contributed by atoms with Gasteiger partial charge in [-0.1, -0.05) is 30.0 Å².